The minimum atomic E-state index is -1.12. The first kappa shape index (κ1) is 17.6. The average molecular weight is 410 g/mol. The number of fused-ring (bicyclic) bond motifs is 1. The van der Waals surface area contributed by atoms with Gasteiger partial charge in [-0.2, -0.15) is 0 Å². The van der Waals surface area contributed by atoms with Crippen molar-refractivity contribution < 1.29 is 19.4 Å². The molecule has 0 amide bonds. The molecule has 2 unspecified atom stereocenters. The highest BCUT2D eigenvalue weighted by Crippen LogP contribution is 2.58. The van der Waals surface area contributed by atoms with E-state index in [1.165, 1.54) is 0 Å². The van der Waals surface area contributed by atoms with Crippen LogP contribution < -0.4 is 4.74 Å². The van der Waals surface area contributed by atoms with Gasteiger partial charge in [0.25, 0.3) is 0 Å². The second-order valence-electron chi connectivity index (χ2n) is 5.78. The summed E-state index contributed by atoms with van der Waals surface area (Å²) >= 11 is 16.0. The molecule has 0 saturated carbocycles. The van der Waals surface area contributed by atoms with E-state index in [0.717, 1.165) is 0 Å². The normalized spacial score (nSPS) is 23.8. The van der Waals surface area contributed by atoms with E-state index < -0.39 is 18.0 Å². The Balaban J connectivity index is 2.57. The van der Waals surface area contributed by atoms with E-state index in [9.17, 15) is 9.59 Å². The number of ether oxygens (including phenoxy) is 1. The van der Waals surface area contributed by atoms with Crippen molar-refractivity contribution in [3.05, 3.63) is 27.2 Å². The van der Waals surface area contributed by atoms with E-state index in [1.54, 1.807) is 6.07 Å². The molecule has 0 aliphatic heterocycles. The van der Waals surface area contributed by atoms with Crippen molar-refractivity contribution in [2.75, 3.05) is 6.61 Å². The quantitative estimate of drug-likeness (QED) is 0.728. The number of carbonyl (C=O) groups excluding carboxylic acids is 1. The summed E-state index contributed by atoms with van der Waals surface area (Å²) in [6.07, 6.45) is 0. The monoisotopic (exact) mass is 408 g/mol. The number of halogens is 3. The Morgan fingerprint density at radius 1 is 1.45 bits per heavy atom. The Morgan fingerprint density at radius 3 is 2.55 bits per heavy atom. The van der Waals surface area contributed by atoms with Crippen LogP contribution in [0.15, 0.2) is 6.07 Å². The van der Waals surface area contributed by atoms with Gasteiger partial charge in [0.2, 0.25) is 0 Å². The molecule has 1 aliphatic carbocycles. The molecule has 4 nitrogen and oxygen atoms in total. The lowest BCUT2D eigenvalue weighted by atomic mass is 9.76. The fourth-order valence-electron chi connectivity index (χ4n) is 2.56. The lowest BCUT2D eigenvalue weighted by Crippen LogP contribution is -2.31. The van der Waals surface area contributed by atoms with E-state index >= 15 is 0 Å². The van der Waals surface area contributed by atoms with Crippen LogP contribution in [0.4, 0.5) is 0 Å². The Labute approximate surface area is 146 Å². The number of benzene rings is 1. The first-order valence-corrected chi connectivity index (χ1v) is 8.34. The van der Waals surface area contributed by atoms with E-state index in [0.29, 0.717) is 11.1 Å². The van der Waals surface area contributed by atoms with E-state index in [4.69, 9.17) is 33.0 Å². The summed E-state index contributed by atoms with van der Waals surface area (Å²) in [5, 5.41) is 8.88. The third-order valence-corrected chi connectivity index (χ3v) is 6.56. The van der Waals surface area contributed by atoms with Crippen LogP contribution in [0.2, 0.25) is 10.0 Å². The first-order valence-electron chi connectivity index (χ1n) is 6.67. The van der Waals surface area contributed by atoms with Gasteiger partial charge in [-0.05, 0) is 17.5 Å². The molecule has 7 heteroatoms. The van der Waals surface area contributed by atoms with Gasteiger partial charge in [0.15, 0.2) is 12.4 Å². The van der Waals surface area contributed by atoms with Gasteiger partial charge >= 0.3 is 5.97 Å². The van der Waals surface area contributed by atoms with Gasteiger partial charge in [-0.3, -0.25) is 4.79 Å². The first-order chi connectivity index (χ1) is 10.1. The number of hydrogen-bond donors (Lipinski definition) is 1. The molecule has 0 saturated heterocycles. The van der Waals surface area contributed by atoms with Crippen LogP contribution in [0.3, 0.4) is 0 Å². The Hall–Kier alpha value is -0.780. The van der Waals surface area contributed by atoms with E-state index in [1.807, 2.05) is 20.8 Å². The second-order valence-corrected chi connectivity index (χ2v) is 7.45. The van der Waals surface area contributed by atoms with Gasteiger partial charge in [0.05, 0.1) is 9.85 Å². The molecular formula is C15H15BrCl2O4. The van der Waals surface area contributed by atoms with Crippen LogP contribution in [0, 0.1) is 11.3 Å². The summed E-state index contributed by atoms with van der Waals surface area (Å²) in [5.74, 6) is -0.949. The standard InChI is InChI=1S/C15H15BrCl2O4/c1-6(2)15(3)13(16)7-4-8(22-5-9(19)20)11(17)12(18)10(7)14(15)21/h4,6,13H,5H2,1-3H3,(H,19,20). The van der Waals surface area contributed by atoms with Crippen LogP contribution in [0.1, 0.15) is 41.5 Å². The number of carboxylic acid groups (broad SMARTS) is 1. The average Bonchev–Trinajstić information content (AvgIpc) is 2.63. The smallest absolute Gasteiger partial charge is 0.341 e. The molecule has 1 aliphatic rings. The summed E-state index contributed by atoms with van der Waals surface area (Å²) in [7, 11) is 0. The van der Waals surface area contributed by atoms with Gasteiger partial charge in [0.1, 0.15) is 10.8 Å². The topological polar surface area (TPSA) is 63.6 Å². The van der Waals surface area contributed by atoms with Crippen molar-refractivity contribution in [1.29, 1.82) is 0 Å². The summed E-state index contributed by atoms with van der Waals surface area (Å²) in [4.78, 5) is 23.2. The predicted molar refractivity (Wildman–Crippen MR) is 88.5 cm³/mol. The third-order valence-electron chi connectivity index (χ3n) is 4.27. The molecule has 0 heterocycles. The number of Topliss-reactive ketones (excluding diaryl/α,β-unsaturated/α-hetero) is 1. The van der Waals surface area contributed by atoms with Crippen molar-refractivity contribution in [3.8, 4) is 5.75 Å². The summed E-state index contributed by atoms with van der Waals surface area (Å²) in [6.45, 7) is 5.28. The lowest BCUT2D eigenvalue weighted by molar-refractivity contribution is -0.139. The molecule has 1 aromatic rings. The Bertz CT molecular complexity index is 659. The lowest BCUT2D eigenvalue weighted by Gasteiger charge is -2.30. The van der Waals surface area contributed by atoms with Gasteiger partial charge < -0.3 is 9.84 Å². The van der Waals surface area contributed by atoms with Gasteiger partial charge in [0, 0.05) is 11.0 Å². The molecule has 1 aromatic carbocycles. The fraction of sp³-hybridized carbons (Fsp3) is 0.467. The summed E-state index contributed by atoms with van der Waals surface area (Å²) in [5.41, 5.74) is 0.407. The minimum Gasteiger partial charge on any atom is -0.480 e. The highest BCUT2D eigenvalue weighted by Gasteiger charge is 2.52. The highest BCUT2D eigenvalue weighted by molar-refractivity contribution is 9.09. The Kier molecular flexibility index (Phi) is 4.81. The van der Waals surface area contributed by atoms with Gasteiger partial charge in [-0.1, -0.05) is 59.9 Å². The number of rotatable bonds is 4. The molecule has 0 aromatic heterocycles. The number of aliphatic carboxylic acids is 1. The molecule has 2 atom stereocenters. The number of ketones is 1. The Morgan fingerprint density at radius 2 is 2.05 bits per heavy atom. The maximum absolute atomic E-state index is 12.8. The van der Waals surface area contributed by atoms with E-state index in [-0.39, 0.29) is 32.3 Å². The zero-order valence-electron chi connectivity index (χ0n) is 12.2. The van der Waals surface area contributed by atoms with Gasteiger partial charge in [-0.15, -0.1) is 0 Å². The molecule has 0 radical (unpaired) electrons. The fourth-order valence-corrected chi connectivity index (χ4v) is 4.15. The number of hydrogen-bond acceptors (Lipinski definition) is 3. The van der Waals surface area contributed by atoms with E-state index in [2.05, 4.69) is 15.9 Å². The summed E-state index contributed by atoms with van der Waals surface area (Å²) < 4.78 is 5.17. The van der Waals surface area contributed by atoms with Crippen LogP contribution in [-0.2, 0) is 4.79 Å². The minimum absolute atomic E-state index is 0.0581. The van der Waals surface area contributed by atoms with Gasteiger partial charge in [-0.25, -0.2) is 4.79 Å². The number of alkyl halides is 1. The molecule has 1 N–H and O–H groups in total. The zero-order chi connectivity index (χ0) is 16.8. The molecule has 0 fully saturated rings. The van der Waals surface area contributed by atoms with Crippen molar-refractivity contribution in [1.82, 2.24) is 0 Å². The molecule has 22 heavy (non-hydrogen) atoms. The van der Waals surface area contributed by atoms with Crippen molar-refractivity contribution in [2.24, 2.45) is 11.3 Å². The van der Waals surface area contributed by atoms with Crippen molar-refractivity contribution in [2.45, 2.75) is 25.6 Å². The number of carboxylic acids is 1. The highest BCUT2D eigenvalue weighted by atomic mass is 79.9. The van der Waals surface area contributed by atoms with Crippen LogP contribution in [0.25, 0.3) is 0 Å². The summed E-state index contributed by atoms with van der Waals surface area (Å²) in [6, 6.07) is 1.59. The van der Waals surface area contributed by atoms with Crippen LogP contribution >= 0.6 is 39.1 Å². The molecule has 2 rings (SSSR count). The molecule has 0 spiro atoms. The second kappa shape index (κ2) is 6.02. The maximum atomic E-state index is 12.8. The van der Waals surface area contributed by atoms with Crippen LogP contribution in [0.5, 0.6) is 5.75 Å². The SMILES string of the molecule is CC(C)C1(C)C(=O)c2c(cc(OCC(=O)O)c(Cl)c2Cl)C1Br. The third kappa shape index (κ3) is 2.53. The van der Waals surface area contributed by atoms with Crippen molar-refractivity contribution in [3.63, 3.8) is 0 Å². The largest absolute Gasteiger partial charge is 0.480 e. The predicted octanol–water partition coefficient (Wildman–Crippen LogP) is 4.75. The molecular weight excluding hydrogens is 395 g/mol. The molecule has 0 bridgehead atoms. The van der Waals surface area contributed by atoms with Crippen molar-refractivity contribution >= 4 is 50.9 Å². The van der Waals surface area contributed by atoms with Crippen LogP contribution in [-0.4, -0.2) is 23.5 Å². The maximum Gasteiger partial charge on any atom is 0.341 e. The zero-order valence-corrected chi connectivity index (χ0v) is 15.3. The number of carbonyl (C=O) groups is 2. The molecule has 120 valence electrons.